The molecule has 1 heterocycles. The largest absolute Gasteiger partial charge is 0.493 e. The van der Waals surface area contributed by atoms with Crippen molar-refractivity contribution >= 4 is 12.1 Å². The van der Waals surface area contributed by atoms with Crippen molar-refractivity contribution in [2.45, 2.75) is 0 Å². The molecular formula is C14H14N2O4. The number of nitrogens with zero attached hydrogens (tertiary/aromatic N) is 1. The van der Waals surface area contributed by atoms with Crippen LogP contribution in [0.15, 0.2) is 46.1 Å². The molecule has 0 atom stereocenters. The standard InChI is InChI=1S/C14H14N2O4/c1-18-11-6-5-10(8-13(11)19-2)9-15-16-14(17)12-4-3-7-20-12/h3-9H,1-2H3,(H,16,17)/b15-9+. The summed E-state index contributed by atoms with van der Waals surface area (Å²) in [5.74, 6) is 1.01. The van der Waals surface area contributed by atoms with Crippen molar-refractivity contribution < 1.29 is 18.7 Å². The predicted molar refractivity (Wildman–Crippen MR) is 73.3 cm³/mol. The number of rotatable bonds is 5. The second kappa shape index (κ2) is 6.42. The first-order valence-electron chi connectivity index (χ1n) is 5.83. The summed E-state index contributed by atoms with van der Waals surface area (Å²) in [6, 6.07) is 8.49. The smallest absolute Gasteiger partial charge is 0.307 e. The van der Waals surface area contributed by atoms with E-state index in [0.717, 1.165) is 5.56 Å². The van der Waals surface area contributed by atoms with E-state index in [2.05, 4.69) is 10.5 Å². The molecule has 0 aliphatic rings. The van der Waals surface area contributed by atoms with Crippen LogP contribution in [0.2, 0.25) is 0 Å². The zero-order valence-corrected chi connectivity index (χ0v) is 11.1. The Bertz CT molecular complexity index is 606. The molecule has 1 amide bonds. The third-order valence-electron chi connectivity index (χ3n) is 2.53. The summed E-state index contributed by atoms with van der Waals surface area (Å²) in [6.07, 6.45) is 2.93. The van der Waals surface area contributed by atoms with Crippen LogP contribution < -0.4 is 14.9 Å². The number of carbonyl (C=O) groups is 1. The van der Waals surface area contributed by atoms with Crippen LogP contribution in [0.5, 0.6) is 11.5 Å². The molecular weight excluding hydrogens is 260 g/mol. The summed E-state index contributed by atoms with van der Waals surface area (Å²) < 4.78 is 15.2. The van der Waals surface area contributed by atoms with Gasteiger partial charge in [-0.1, -0.05) is 0 Å². The number of carbonyl (C=O) groups excluding carboxylic acids is 1. The van der Waals surface area contributed by atoms with Gasteiger partial charge in [-0.15, -0.1) is 0 Å². The lowest BCUT2D eigenvalue weighted by atomic mass is 10.2. The summed E-state index contributed by atoms with van der Waals surface area (Å²) in [4.78, 5) is 11.6. The van der Waals surface area contributed by atoms with Gasteiger partial charge < -0.3 is 13.9 Å². The Morgan fingerprint density at radius 3 is 2.70 bits per heavy atom. The second-order valence-electron chi connectivity index (χ2n) is 3.79. The van der Waals surface area contributed by atoms with Crippen molar-refractivity contribution in [2.75, 3.05) is 14.2 Å². The maximum atomic E-state index is 11.6. The Labute approximate surface area is 116 Å². The Hall–Kier alpha value is -2.76. The van der Waals surface area contributed by atoms with Gasteiger partial charge in [0.25, 0.3) is 0 Å². The number of furan rings is 1. The molecule has 0 bridgehead atoms. The van der Waals surface area contributed by atoms with Gasteiger partial charge in [-0.25, -0.2) is 5.43 Å². The quantitative estimate of drug-likeness (QED) is 0.669. The first-order valence-corrected chi connectivity index (χ1v) is 5.83. The third kappa shape index (κ3) is 3.17. The van der Waals surface area contributed by atoms with Crippen LogP contribution in [-0.2, 0) is 0 Å². The molecule has 1 aromatic heterocycles. The zero-order chi connectivity index (χ0) is 14.4. The van der Waals surface area contributed by atoms with E-state index >= 15 is 0 Å². The van der Waals surface area contributed by atoms with E-state index in [1.807, 2.05) is 0 Å². The van der Waals surface area contributed by atoms with E-state index in [-0.39, 0.29) is 5.76 Å². The van der Waals surface area contributed by atoms with Crippen LogP contribution in [0.1, 0.15) is 16.1 Å². The predicted octanol–water partition coefficient (Wildman–Crippen LogP) is 2.06. The summed E-state index contributed by atoms with van der Waals surface area (Å²) >= 11 is 0. The van der Waals surface area contributed by atoms with Gasteiger partial charge in [0.15, 0.2) is 17.3 Å². The minimum absolute atomic E-state index is 0.203. The summed E-state index contributed by atoms with van der Waals surface area (Å²) in [6.45, 7) is 0. The van der Waals surface area contributed by atoms with Gasteiger partial charge in [0, 0.05) is 0 Å². The Morgan fingerprint density at radius 2 is 2.05 bits per heavy atom. The lowest BCUT2D eigenvalue weighted by Gasteiger charge is -2.07. The number of methoxy groups -OCH3 is 2. The molecule has 2 aromatic rings. The van der Waals surface area contributed by atoms with Gasteiger partial charge in [-0.05, 0) is 35.9 Å². The number of benzene rings is 1. The Morgan fingerprint density at radius 1 is 1.25 bits per heavy atom. The van der Waals surface area contributed by atoms with Gasteiger partial charge in [0.2, 0.25) is 0 Å². The fourth-order valence-corrected chi connectivity index (χ4v) is 1.56. The molecule has 0 fully saturated rings. The molecule has 20 heavy (non-hydrogen) atoms. The minimum atomic E-state index is -0.410. The number of hydrazone groups is 1. The summed E-state index contributed by atoms with van der Waals surface area (Å²) in [7, 11) is 3.12. The van der Waals surface area contributed by atoms with Crippen LogP contribution >= 0.6 is 0 Å². The number of amides is 1. The van der Waals surface area contributed by atoms with Gasteiger partial charge in [0.05, 0.1) is 26.7 Å². The van der Waals surface area contributed by atoms with Gasteiger partial charge in [-0.2, -0.15) is 5.10 Å². The average molecular weight is 274 g/mol. The molecule has 0 radical (unpaired) electrons. The van der Waals surface area contributed by atoms with Crippen molar-refractivity contribution in [2.24, 2.45) is 5.10 Å². The Balaban J connectivity index is 2.03. The van der Waals surface area contributed by atoms with Crippen molar-refractivity contribution in [1.29, 1.82) is 0 Å². The highest BCUT2D eigenvalue weighted by atomic mass is 16.5. The molecule has 0 aliphatic carbocycles. The van der Waals surface area contributed by atoms with E-state index in [4.69, 9.17) is 13.9 Å². The van der Waals surface area contributed by atoms with Crippen LogP contribution in [0.3, 0.4) is 0 Å². The molecule has 0 aliphatic heterocycles. The molecule has 0 unspecified atom stereocenters. The van der Waals surface area contributed by atoms with Crippen LogP contribution in [0.4, 0.5) is 0 Å². The van der Waals surface area contributed by atoms with Gasteiger partial charge >= 0.3 is 5.91 Å². The van der Waals surface area contributed by atoms with E-state index < -0.39 is 5.91 Å². The number of ether oxygens (including phenoxy) is 2. The van der Waals surface area contributed by atoms with E-state index in [1.165, 1.54) is 12.5 Å². The zero-order valence-electron chi connectivity index (χ0n) is 11.1. The number of hydrogen-bond donors (Lipinski definition) is 1. The lowest BCUT2D eigenvalue weighted by molar-refractivity contribution is 0.0927. The van der Waals surface area contributed by atoms with Crippen molar-refractivity contribution in [3.8, 4) is 11.5 Å². The second-order valence-corrected chi connectivity index (χ2v) is 3.79. The Kier molecular flexibility index (Phi) is 4.39. The first kappa shape index (κ1) is 13.7. The monoisotopic (exact) mass is 274 g/mol. The molecule has 6 nitrogen and oxygen atoms in total. The highest BCUT2D eigenvalue weighted by Crippen LogP contribution is 2.26. The number of nitrogens with one attached hydrogen (secondary N) is 1. The average Bonchev–Trinajstić information content (AvgIpc) is 3.01. The minimum Gasteiger partial charge on any atom is -0.493 e. The van der Waals surface area contributed by atoms with Crippen molar-refractivity contribution in [3.05, 3.63) is 47.9 Å². The fraction of sp³-hybridized carbons (Fsp3) is 0.143. The van der Waals surface area contributed by atoms with E-state index in [9.17, 15) is 4.79 Å². The maximum Gasteiger partial charge on any atom is 0.307 e. The van der Waals surface area contributed by atoms with Gasteiger partial charge in [0.1, 0.15) is 0 Å². The maximum absolute atomic E-state index is 11.6. The first-order chi connectivity index (χ1) is 9.74. The lowest BCUT2D eigenvalue weighted by Crippen LogP contribution is -2.16. The molecule has 6 heteroatoms. The van der Waals surface area contributed by atoms with Gasteiger partial charge in [-0.3, -0.25) is 4.79 Å². The van der Waals surface area contributed by atoms with Crippen LogP contribution in [0.25, 0.3) is 0 Å². The molecule has 0 saturated carbocycles. The molecule has 0 spiro atoms. The highest BCUT2D eigenvalue weighted by Gasteiger charge is 2.06. The summed E-state index contributed by atoms with van der Waals surface area (Å²) in [5, 5.41) is 3.85. The molecule has 2 rings (SSSR count). The van der Waals surface area contributed by atoms with Crippen LogP contribution in [0, 0.1) is 0 Å². The summed E-state index contributed by atoms with van der Waals surface area (Å²) in [5.41, 5.74) is 3.13. The molecule has 1 aromatic carbocycles. The van der Waals surface area contributed by atoms with E-state index in [0.29, 0.717) is 11.5 Å². The fourth-order valence-electron chi connectivity index (χ4n) is 1.56. The number of hydrogen-bond acceptors (Lipinski definition) is 5. The third-order valence-corrected chi connectivity index (χ3v) is 2.53. The molecule has 1 N–H and O–H groups in total. The SMILES string of the molecule is COc1ccc(/C=N/NC(=O)c2ccco2)cc1OC. The van der Waals surface area contributed by atoms with Crippen molar-refractivity contribution in [1.82, 2.24) is 5.43 Å². The van der Waals surface area contributed by atoms with E-state index in [1.54, 1.807) is 44.6 Å². The topological polar surface area (TPSA) is 73.1 Å². The molecule has 104 valence electrons. The molecule has 0 saturated heterocycles. The van der Waals surface area contributed by atoms with Crippen LogP contribution in [-0.4, -0.2) is 26.3 Å². The van der Waals surface area contributed by atoms with Crippen molar-refractivity contribution in [3.63, 3.8) is 0 Å². The highest BCUT2D eigenvalue weighted by molar-refractivity contribution is 5.92. The normalized spacial score (nSPS) is 10.5.